The van der Waals surface area contributed by atoms with Gasteiger partial charge in [-0.2, -0.15) is 0 Å². The number of hydrogen-bond acceptors (Lipinski definition) is 11. The van der Waals surface area contributed by atoms with Gasteiger partial charge in [0.25, 0.3) is 6.47 Å². The Labute approximate surface area is 323 Å². The molecular weight excluding hydrogens is 729 g/mol. The minimum Gasteiger partial charge on any atom is -0.483 e. The molecule has 0 amide bonds. The first-order valence-electron chi connectivity index (χ1n) is 17.8. The van der Waals surface area contributed by atoms with Gasteiger partial charge in [0.05, 0.1) is 46.4 Å². The van der Waals surface area contributed by atoms with Crippen molar-refractivity contribution in [2.45, 2.75) is 135 Å². The molecule has 53 heavy (non-hydrogen) atoms. The molecule has 2 unspecified atom stereocenters. The average Bonchev–Trinajstić information content (AvgIpc) is 3.86. The molecule has 11 atom stereocenters. The Morgan fingerprint density at radius 3 is 2.45 bits per heavy atom. The predicted octanol–water partition coefficient (Wildman–Crippen LogP) is 5.57. The van der Waals surface area contributed by atoms with Gasteiger partial charge in [0, 0.05) is 32.4 Å². The van der Waals surface area contributed by atoms with Crippen LogP contribution in [-0.2, 0) is 39.9 Å². The van der Waals surface area contributed by atoms with Crippen molar-refractivity contribution in [1.29, 1.82) is 0 Å². The van der Waals surface area contributed by atoms with E-state index < -0.39 is 53.4 Å². The molecule has 1 fully saturated rings. The molecule has 0 saturated carbocycles. The lowest BCUT2D eigenvalue weighted by atomic mass is 9.87. The molecule has 3 rings (SSSR count). The fraction of sp³-hybridized carbons (Fsp3) is 0.615. The SMILES string of the molecule is CC[C@H](OC)[C@@H](C)[C@H]1O[C@@H]1C(NCc1ccc(Cl)c(Cl)c1)C(C)(O)/C=C/C=C(\C)[C@@H]1OC(=O)C[C@H](O)CC[C@@](C)(O)[C@@H](OC(C)=O)/C=C/[C@@H]1C.O=CO. The van der Waals surface area contributed by atoms with Crippen molar-refractivity contribution in [2.75, 3.05) is 7.11 Å². The van der Waals surface area contributed by atoms with Crippen LogP contribution in [0.1, 0.15) is 79.7 Å². The number of aliphatic hydroxyl groups is 3. The third kappa shape index (κ3) is 14.4. The third-order valence-corrected chi connectivity index (χ3v) is 10.4. The molecule has 1 aromatic rings. The van der Waals surface area contributed by atoms with Crippen molar-refractivity contribution in [3.63, 3.8) is 0 Å². The number of carboxylic acid groups (broad SMARTS) is 1. The zero-order valence-corrected chi connectivity index (χ0v) is 33.3. The number of carbonyl (C=O) groups excluding carboxylic acids is 2. The summed E-state index contributed by atoms with van der Waals surface area (Å²) in [5, 5.41) is 44.8. The second-order valence-electron chi connectivity index (χ2n) is 14.3. The number of benzene rings is 1. The Bertz CT molecular complexity index is 1440. The Balaban J connectivity index is 0.00000313. The van der Waals surface area contributed by atoms with Gasteiger partial charge in [0.2, 0.25) is 0 Å². The van der Waals surface area contributed by atoms with Crippen LogP contribution in [0.5, 0.6) is 0 Å². The molecule has 2 aliphatic rings. The van der Waals surface area contributed by atoms with Gasteiger partial charge in [0.15, 0.2) is 0 Å². The van der Waals surface area contributed by atoms with Crippen LogP contribution in [0.15, 0.2) is 54.2 Å². The van der Waals surface area contributed by atoms with E-state index in [2.05, 4.69) is 19.2 Å². The summed E-state index contributed by atoms with van der Waals surface area (Å²) in [4.78, 5) is 33.1. The van der Waals surface area contributed by atoms with Crippen LogP contribution in [0.3, 0.4) is 0 Å². The number of cyclic esters (lactones) is 1. The van der Waals surface area contributed by atoms with Gasteiger partial charge >= 0.3 is 11.9 Å². The summed E-state index contributed by atoms with van der Waals surface area (Å²) in [6.45, 7) is 12.5. The molecule has 2 aliphatic heterocycles. The van der Waals surface area contributed by atoms with E-state index in [-0.39, 0.29) is 50.0 Å². The van der Waals surface area contributed by atoms with Gasteiger partial charge in [-0.1, -0.05) is 74.3 Å². The molecule has 0 aromatic heterocycles. The summed E-state index contributed by atoms with van der Waals surface area (Å²) >= 11 is 12.4. The lowest BCUT2D eigenvalue weighted by Gasteiger charge is -2.32. The fourth-order valence-corrected chi connectivity index (χ4v) is 6.87. The molecular formula is C39H57Cl2NO11. The van der Waals surface area contributed by atoms with Gasteiger partial charge in [-0.3, -0.25) is 14.4 Å². The zero-order chi connectivity index (χ0) is 40.1. The van der Waals surface area contributed by atoms with Gasteiger partial charge in [0.1, 0.15) is 23.9 Å². The minimum atomic E-state index is -1.46. The van der Waals surface area contributed by atoms with Gasteiger partial charge in [-0.05, 0) is 69.4 Å². The lowest BCUT2D eigenvalue weighted by Crippen LogP contribution is -2.52. The van der Waals surface area contributed by atoms with Gasteiger partial charge < -0.3 is 44.7 Å². The standard InChI is InChI=1S/C38H55Cl2NO9.CH2O2/c1-9-30(47-8)24(4)34-35(50-34)36(41-21-26-13-14-28(39)29(40)19-26)38(7,46)17-10-11-22(2)33-23(3)12-15-31(48-25(5)42)37(6,45)18-16-27(43)20-32(44)49-33;2-1-3/h10-15,17,19,23-24,27,30-31,33-36,41,43,45-46H,9,16,18,20-21H2,1-8H3;1H,(H,2,3)/b15-12+,17-10+,22-11+;/t23-,24+,27+,30-,31-,33-,34+,35-,36?,37+,38?;/m0./s1. The second kappa shape index (κ2) is 21.3. The first-order chi connectivity index (χ1) is 24.8. The summed E-state index contributed by atoms with van der Waals surface area (Å²) in [6.07, 6.45) is 6.10. The maximum absolute atomic E-state index is 12.9. The van der Waals surface area contributed by atoms with Crippen molar-refractivity contribution in [3.05, 3.63) is 69.8 Å². The van der Waals surface area contributed by atoms with E-state index in [9.17, 15) is 24.9 Å². The van der Waals surface area contributed by atoms with E-state index in [1.165, 1.54) is 13.8 Å². The molecule has 14 heteroatoms. The Kier molecular flexibility index (Phi) is 18.6. The van der Waals surface area contributed by atoms with E-state index in [4.69, 9.17) is 52.1 Å². The number of esters is 2. The smallest absolute Gasteiger partial charge is 0.309 e. The molecule has 0 bridgehead atoms. The van der Waals surface area contributed by atoms with Crippen LogP contribution in [0.25, 0.3) is 0 Å². The summed E-state index contributed by atoms with van der Waals surface area (Å²) in [5.41, 5.74) is -1.29. The number of allylic oxidation sites excluding steroid dienone is 2. The molecule has 298 valence electrons. The first kappa shape index (κ1) is 46.3. The van der Waals surface area contributed by atoms with Gasteiger partial charge in [-0.25, -0.2) is 0 Å². The molecule has 12 nitrogen and oxygen atoms in total. The van der Waals surface area contributed by atoms with Crippen LogP contribution >= 0.6 is 23.2 Å². The Morgan fingerprint density at radius 1 is 1.21 bits per heavy atom. The maximum atomic E-state index is 12.9. The number of epoxide rings is 1. The molecule has 0 radical (unpaired) electrons. The van der Waals surface area contributed by atoms with Crippen LogP contribution in [0.2, 0.25) is 10.0 Å². The van der Waals surface area contributed by atoms with Crippen LogP contribution < -0.4 is 5.32 Å². The van der Waals surface area contributed by atoms with Crippen LogP contribution in [0.4, 0.5) is 0 Å². The molecule has 2 heterocycles. The molecule has 1 aromatic carbocycles. The number of hydrogen-bond donors (Lipinski definition) is 5. The van der Waals surface area contributed by atoms with Crippen molar-refractivity contribution >= 4 is 41.6 Å². The number of methoxy groups -OCH3 is 1. The Morgan fingerprint density at radius 2 is 1.87 bits per heavy atom. The van der Waals surface area contributed by atoms with E-state index in [0.717, 1.165) is 12.0 Å². The highest BCUT2D eigenvalue weighted by Crippen LogP contribution is 2.39. The molecule has 0 spiro atoms. The highest BCUT2D eigenvalue weighted by molar-refractivity contribution is 6.42. The van der Waals surface area contributed by atoms with E-state index in [1.54, 1.807) is 63.5 Å². The fourth-order valence-electron chi connectivity index (χ4n) is 6.55. The number of nitrogens with one attached hydrogen (secondary N) is 1. The number of halogens is 2. The highest BCUT2D eigenvalue weighted by Gasteiger charge is 2.54. The maximum Gasteiger partial charge on any atom is 0.309 e. The van der Waals surface area contributed by atoms with E-state index in [0.29, 0.717) is 22.2 Å². The normalized spacial score (nSPS) is 30.2. The van der Waals surface area contributed by atoms with E-state index in [1.807, 2.05) is 13.0 Å². The minimum absolute atomic E-state index is 0.00744. The largest absolute Gasteiger partial charge is 0.483 e. The van der Waals surface area contributed by atoms with Crippen LogP contribution in [0, 0.1) is 11.8 Å². The number of carbonyl (C=O) groups is 3. The highest BCUT2D eigenvalue weighted by atomic mass is 35.5. The third-order valence-electron chi connectivity index (χ3n) is 9.70. The van der Waals surface area contributed by atoms with Crippen molar-refractivity contribution in [3.8, 4) is 0 Å². The monoisotopic (exact) mass is 785 g/mol. The summed E-state index contributed by atoms with van der Waals surface area (Å²) in [7, 11) is 1.69. The van der Waals surface area contributed by atoms with Crippen molar-refractivity contribution in [1.82, 2.24) is 5.32 Å². The quantitative estimate of drug-likeness (QED) is 0.0552. The molecule has 5 N–H and O–H groups in total. The van der Waals surface area contributed by atoms with Gasteiger partial charge in [-0.15, -0.1) is 0 Å². The topological polar surface area (TPSA) is 184 Å². The average molecular weight is 787 g/mol. The van der Waals surface area contributed by atoms with Crippen molar-refractivity contribution in [2.24, 2.45) is 11.8 Å². The van der Waals surface area contributed by atoms with E-state index >= 15 is 0 Å². The summed E-state index contributed by atoms with van der Waals surface area (Å²) in [6, 6.07) is 4.87. The first-order valence-corrected chi connectivity index (χ1v) is 18.5. The number of ether oxygens (including phenoxy) is 4. The number of aliphatic hydroxyl groups excluding tert-OH is 1. The Hall–Kier alpha value is -2.81. The zero-order valence-electron chi connectivity index (χ0n) is 31.8. The van der Waals surface area contributed by atoms with Crippen molar-refractivity contribution < 1.29 is 53.8 Å². The number of rotatable bonds is 13. The lowest BCUT2D eigenvalue weighted by molar-refractivity contribution is -0.157. The van der Waals surface area contributed by atoms with Crippen LogP contribution in [-0.4, -0.2) is 99.8 Å². The summed E-state index contributed by atoms with van der Waals surface area (Å²) in [5.74, 6) is -1.44. The molecule has 1 saturated heterocycles. The second-order valence-corrected chi connectivity index (χ2v) is 15.1. The summed E-state index contributed by atoms with van der Waals surface area (Å²) < 4.78 is 23.1. The molecule has 0 aliphatic carbocycles. The predicted molar refractivity (Wildman–Crippen MR) is 202 cm³/mol.